The van der Waals surface area contributed by atoms with Crippen LogP contribution in [0, 0.1) is 6.92 Å². The lowest BCUT2D eigenvalue weighted by Gasteiger charge is -2.01. The summed E-state index contributed by atoms with van der Waals surface area (Å²) in [5, 5.41) is 12.8. The van der Waals surface area contributed by atoms with E-state index in [1.807, 2.05) is 84.5 Å². The smallest absolute Gasteiger partial charge is 0.267 e. The van der Waals surface area contributed by atoms with Crippen LogP contribution in [0.3, 0.4) is 0 Å². The molecule has 0 fully saturated rings. The summed E-state index contributed by atoms with van der Waals surface area (Å²) in [4.78, 5) is 12.8. The number of para-hydroxylation sites is 2. The molecule has 0 spiro atoms. The first-order valence-corrected chi connectivity index (χ1v) is 9.94. The van der Waals surface area contributed by atoms with Gasteiger partial charge in [-0.2, -0.15) is 9.78 Å². The molecule has 5 rings (SSSR count). The number of carbonyl (C=O) groups is 1. The van der Waals surface area contributed by atoms with Crippen LogP contribution in [-0.2, 0) is 0 Å². The number of nitrogens with zero attached hydrogens (tertiary/aromatic N) is 5. The molecule has 0 unspecified atom stereocenters. The number of benzene rings is 3. The van der Waals surface area contributed by atoms with Crippen LogP contribution in [0.15, 0.2) is 91.1 Å². The molecule has 0 aliphatic heterocycles. The first kappa shape index (κ1) is 18.7. The molecule has 0 bridgehead atoms. The second-order valence-corrected chi connectivity index (χ2v) is 7.24. The first-order chi connectivity index (χ1) is 15.2. The number of allylic oxidation sites excluding steroid dienone is 1. The Hall–Kier alpha value is -4.32. The van der Waals surface area contributed by atoms with Crippen molar-refractivity contribution in [1.29, 1.82) is 0 Å². The zero-order chi connectivity index (χ0) is 21.2. The minimum absolute atomic E-state index is 0.268. The molecular weight excluding hydrogens is 386 g/mol. The standard InChI is InChI=1S/C25H19N5O/c1-18-11-13-19(14-12-18)25-20(17-29(27-25)21-7-3-2-4-8-21)15-16-24(31)30-23-10-6-5-9-22(23)26-28-30/h2-17H,1H3. The first-order valence-electron chi connectivity index (χ1n) is 9.94. The molecule has 6 nitrogen and oxygen atoms in total. The molecule has 3 aromatic carbocycles. The fraction of sp³-hybridized carbons (Fsp3) is 0.0400. The van der Waals surface area contributed by atoms with Gasteiger partial charge in [0.05, 0.1) is 16.9 Å². The minimum Gasteiger partial charge on any atom is -0.267 e. The zero-order valence-corrected chi connectivity index (χ0v) is 16.9. The molecule has 0 N–H and O–H groups in total. The summed E-state index contributed by atoms with van der Waals surface area (Å²) in [6, 6.07) is 25.5. The van der Waals surface area contributed by atoms with Crippen molar-refractivity contribution in [2.75, 3.05) is 0 Å². The van der Waals surface area contributed by atoms with E-state index in [2.05, 4.69) is 22.4 Å². The molecule has 0 atom stereocenters. The third-order valence-corrected chi connectivity index (χ3v) is 5.05. The monoisotopic (exact) mass is 405 g/mol. The number of aryl methyl sites for hydroxylation is 1. The van der Waals surface area contributed by atoms with Crippen molar-refractivity contribution in [3.05, 3.63) is 102 Å². The third-order valence-electron chi connectivity index (χ3n) is 5.05. The lowest BCUT2D eigenvalue weighted by Crippen LogP contribution is -2.08. The largest absolute Gasteiger partial charge is 0.272 e. The molecule has 5 aromatic rings. The maximum atomic E-state index is 12.8. The molecule has 31 heavy (non-hydrogen) atoms. The van der Waals surface area contributed by atoms with Crippen molar-refractivity contribution in [3.8, 4) is 16.9 Å². The van der Waals surface area contributed by atoms with Crippen LogP contribution in [0.4, 0.5) is 0 Å². The van der Waals surface area contributed by atoms with Crippen molar-refractivity contribution in [3.63, 3.8) is 0 Å². The average Bonchev–Trinajstić information content (AvgIpc) is 3.43. The van der Waals surface area contributed by atoms with E-state index in [4.69, 9.17) is 5.10 Å². The van der Waals surface area contributed by atoms with Gasteiger partial charge in [0.25, 0.3) is 5.91 Å². The molecule has 150 valence electrons. The Bertz CT molecular complexity index is 1400. The number of fused-ring (bicyclic) bond motifs is 1. The molecular formula is C25H19N5O. The van der Waals surface area contributed by atoms with Gasteiger partial charge < -0.3 is 0 Å². The summed E-state index contributed by atoms with van der Waals surface area (Å²) in [6.07, 6.45) is 5.21. The summed E-state index contributed by atoms with van der Waals surface area (Å²) in [6.45, 7) is 2.05. The van der Waals surface area contributed by atoms with E-state index in [0.717, 1.165) is 22.5 Å². The minimum atomic E-state index is -0.268. The summed E-state index contributed by atoms with van der Waals surface area (Å²) >= 11 is 0. The molecule has 0 amide bonds. The maximum absolute atomic E-state index is 12.8. The van der Waals surface area contributed by atoms with E-state index < -0.39 is 0 Å². The number of hydrogen-bond acceptors (Lipinski definition) is 4. The molecule has 0 aliphatic carbocycles. The average molecular weight is 405 g/mol. The van der Waals surface area contributed by atoms with Gasteiger partial charge in [-0.15, -0.1) is 5.10 Å². The quantitative estimate of drug-likeness (QED) is 0.397. The highest BCUT2D eigenvalue weighted by atomic mass is 16.2. The van der Waals surface area contributed by atoms with Gasteiger partial charge in [0.15, 0.2) is 0 Å². The van der Waals surface area contributed by atoms with Crippen LogP contribution in [0.5, 0.6) is 0 Å². The van der Waals surface area contributed by atoms with Gasteiger partial charge in [-0.05, 0) is 37.3 Å². The maximum Gasteiger partial charge on any atom is 0.272 e. The van der Waals surface area contributed by atoms with Gasteiger partial charge in [-0.3, -0.25) is 4.79 Å². The Morgan fingerprint density at radius 2 is 1.65 bits per heavy atom. The third kappa shape index (κ3) is 3.67. The molecule has 0 saturated heterocycles. The second kappa shape index (κ2) is 7.84. The van der Waals surface area contributed by atoms with E-state index in [1.54, 1.807) is 6.08 Å². The van der Waals surface area contributed by atoms with E-state index in [1.165, 1.54) is 16.3 Å². The summed E-state index contributed by atoms with van der Waals surface area (Å²) in [5.41, 5.74) is 6.11. The predicted octanol–water partition coefficient (Wildman–Crippen LogP) is 4.95. The number of carbonyl (C=O) groups excluding carboxylic acids is 1. The fourth-order valence-electron chi connectivity index (χ4n) is 3.42. The number of hydrogen-bond donors (Lipinski definition) is 0. The van der Waals surface area contributed by atoms with Crippen molar-refractivity contribution in [2.45, 2.75) is 6.92 Å². The highest BCUT2D eigenvalue weighted by Crippen LogP contribution is 2.25. The predicted molar refractivity (Wildman–Crippen MR) is 121 cm³/mol. The molecule has 6 heteroatoms. The fourth-order valence-corrected chi connectivity index (χ4v) is 3.42. The Kier molecular flexibility index (Phi) is 4.72. The van der Waals surface area contributed by atoms with E-state index in [0.29, 0.717) is 11.0 Å². The normalized spacial score (nSPS) is 11.4. The molecule has 0 saturated carbocycles. The van der Waals surface area contributed by atoms with Gasteiger partial charge in [-0.25, -0.2) is 4.68 Å². The van der Waals surface area contributed by atoms with Gasteiger partial charge in [0.1, 0.15) is 5.52 Å². The van der Waals surface area contributed by atoms with Gasteiger partial charge in [0, 0.05) is 23.4 Å². The molecule has 2 aromatic heterocycles. The number of rotatable bonds is 4. The van der Waals surface area contributed by atoms with Crippen molar-refractivity contribution < 1.29 is 4.79 Å². The van der Waals surface area contributed by atoms with Crippen LogP contribution < -0.4 is 0 Å². The van der Waals surface area contributed by atoms with Gasteiger partial charge >= 0.3 is 0 Å². The topological polar surface area (TPSA) is 65.6 Å². The zero-order valence-electron chi connectivity index (χ0n) is 16.9. The van der Waals surface area contributed by atoms with E-state index in [-0.39, 0.29) is 5.91 Å². The van der Waals surface area contributed by atoms with Crippen LogP contribution in [0.2, 0.25) is 0 Å². The van der Waals surface area contributed by atoms with Crippen LogP contribution in [0.1, 0.15) is 15.9 Å². The Morgan fingerprint density at radius 1 is 0.903 bits per heavy atom. The number of aromatic nitrogens is 5. The van der Waals surface area contributed by atoms with Crippen LogP contribution in [0.25, 0.3) is 34.1 Å². The Morgan fingerprint density at radius 3 is 2.45 bits per heavy atom. The van der Waals surface area contributed by atoms with E-state index >= 15 is 0 Å². The van der Waals surface area contributed by atoms with Crippen LogP contribution in [-0.4, -0.2) is 30.7 Å². The van der Waals surface area contributed by atoms with Crippen LogP contribution >= 0.6 is 0 Å². The Balaban J connectivity index is 1.54. The van der Waals surface area contributed by atoms with Crippen molar-refractivity contribution in [2.24, 2.45) is 0 Å². The highest BCUT2D eigenvalue weighted by Gasteiger charge is 2.13. The van der Waals surface area contributed by atoms with E-state index in [9.17, 15) is 4.79 Å². The Labute approximate surface area is 179 Å². The summed E-state index contributed by atoms with van der Waals surface area (Å²) < 4.78 is 3.13. The van der Waals surface area contributed by atoms with Gasteiger partial charge in [-0.1, -0.05) is 65.4 Å². The van der Waals surface area contributed by atoms with Crippen molar-refractivity contribution >= 4 is 23.0 Å². The summed E-state index contributed by atoms with van der Waals surface area (Å²) in [5.74, 6) is -0.268. The molecule has 0 radical (unpaired) electrons. The van der Waals surface area contributed by atoms with Gasteiger partial charge in [0.2, 0.25) is 0 Å². The second-order valence-electron chi connectivity index (χ2n) is 7.24. The lowest BCUT2D eigenvalue weighted by molar-refractivity contribution is 0.0958. The lowest BCUT2D eigenvalue weighted by atomic mass is 10.1. The summed E-state index contributed by atoms with van der Waals surface area (Å²) in [7, 11) is 0. The highest BCUT2D eigenvalue weighted by molar-refractivity contribution is 5.98. The molecule has 2 heterocycles. The van der Waals surface area contributed by atoms with Crippen molar-refractivity contribution in [1.82, 2.24) is 24.8 Å². The SMILES string of the molecule is Cc1ccc(-c2nn(-c3ccccc3)cc2C=CC(=O)n2nnc3ccccc32)cc1. The molecule has 0 aliphatic rings.